The largest absolute Gasteiger partial charge is 0.396 e. The summed E-state index contributed by atoms with van der Waals surface area (Å²) in [6.45, 7) is 7.14. The molecule has 166 valence electrons. The second-order valence-corrected chi connectivity index (χ2v) is 8.37. The number of nitrogens with one attached hydrogen (secondary N) is 1. The molecule has 3 heterocycles. The minimum Gasteiger partial charge on any atom is -0.396 e. The molecule has 1 aliphatic heterocycles. The van der Waals surface area contributed by atoms with Crippen LogP contribution in [0, 0.1) is 13.8 Å². The number of H-pyrrole nitrogens is 1. The average Bonchev–Trinajstić information content (AvgIpc) is 3.40. The molecule has 0 amide bonds. The van der Waals surface area contributed by atoms with Gasteiger partial charge >= 0.3 is 0 Å². The van der Waals surface area contributed by atoms with Crippen LogP contribution < -0.4 is 5.56 Å². The van der Waals surface area contributed by atoms with Crippen molar-refractivity contribution in [3.63, 3.8) is 0 Å². The summed E-state index contributed by atoms with van der Waals surface area (Å²) < 4.78 is 7.51. The summed E-state index contributed by atoms with van der Waals surface area (Å²) in [5.41, 5.74) is 3.69. The first-order valence-corrected chi connectivity index (χ1v) is 10.9. The number of tetrazole rings is 1. The molecule has 0 aliphatic carbocycles. The third kappa shape index (κ3) is 5.17. The van der Waals surface area contributed by atoms with Gasteiger partial charge < -0.3 is 14.8 Å². The molecular weight excluding hydrogens is 396 g/mol. The predicted octanol–water partition coefficient (Wildman–Crippen LogP) is 1.70. The Labute approximate surface area is 181 Å². The van der Waals surface area contributed by atoms with E-state index in [4.69, 9.17) is 4.74 Å². The molecule has 0 unspecified atom stereocenters. The fraction of sp³-hybridized carbons (Fsp3) is 0.545. The van der Waals surface area contributed by atoms with Crippen LogP contribution in [0.25, 0.3) is 10.9 Å². The zero-order valence-corrected chi connectivity index (χ0v) is 18.2. The van der Waals surface area contributed by atoms with Crippen LogP contribution in [-0.4, -0.2) is 61.1 Å². The monoisotopic (exact) mass is 426 g/mol. The second-order valence-electron chi connectivity index (χ2n) is 8.37. The first-order valence-electron chi connectivity index (χ1n) is 10.9. The molecule has 31 heavy (non-hydrogen) atoms. The van der Waals surface area contributed by atoms with E-state index in [1.807, 2.05) is 13.0 Å². The number of benzene rings is 1. The van der Waals surface area contributed by atoms with Crippen molar-refractivity contribution in [2.24, 2.45) is 0 Å². The number of hydrogen-bond acceptors (Lipinski definition) is 7. The normalized spacial score (nSPS) is 16.6. The number of fused-ring (bicyclic) bond motifs is 1. The lowest BCUT2D eigenvalue weighted by atomic mass is 10.1. The third-order valence-corrected chi connectivity index (χ3v) is 5.77. The lowest BCUT2D eigenvalue weighted by molar-refractivity contribution is 0.0915. The van der Waals surface area contributed by atoms with Crippen LogP contribution in [0.15, 0.2) is 23.0 Å². The highest BCUT2D eigenvalue weighted by Crippen LogP contribution is 2.19. The summed E-state index contributed by atoms with van der Waals surface area (Å²) in [5.74, 6) is 0.734. The molecule has 9 nitrogen and oxygen atoms in total. The number of hydrogen-bond donors (Lipinski definition) is 2. The maximum absolute atomic E-state index is 12.8. The van der Waals surface area contributed by atoms with Crippen LogP contribution in [0.4, 0.5) is 0 Å². The van der Waals surface area contributed by atoms with Gasteiger partial charge in [0.25, 0.3) is 5.56 Å². The van der Waals surface area contributed by atoms with Gasteiger partial charge in [0.05, 0.1) is 24.7 Å². The molecule has 0 spiro atoms. The molecule has 2 N–H and O–H groups in total. The van der Waals surface area contributed by atoms with Gasteiger partial charge in [-0.1, -0.05) is 11.6 Å². The molecule has 1 aromatic carbocycles. The van der Waals surface area contributed by atoms with Crippen LogP contribution >= 0.6 is 0 Å². The van der Waals surface area contributed by atoms with Crippen molar-refractivity contribution in [3.05, 3.63) is 51.1 Å². The van der Waals surface area contributed by atoms with E-state index in [0.29, 0.717) is 38.2 Å². The summed E-state index contributed by atoms with van der Waals surface area (Å²) in [4.78, 5) is 17.9. The van der Waals surface area contributed by atoms with Crippen molar-refractivity contribution >= 4 is 10.9 Å². The van der Waals surface area contributed by atoms with Gasteiger partial charge in [0, 0.05) is 31.9 Å². The Morgan fingerprint density at radius 1 is 1.29 bits per heavy atom. The number of aromatic amines is 1. The molecular formula is C22H30N6O3. The van der Waals surface area contributed by atoms with Crippen molar-refractivity contribution in [3.8, 4) is 0 Å². The fourth-order valence-electron chi connectivity index (χ4n) is 4.26. The molecule has 1 atom stereocenters. The number of rotatable bonds is 9. The van der Waals surface area contributed by atoms with E-state index in [9.17, 15) is 9.90 Å². The van der Waals surface area contributed by atoms with E-state index in [1.165, 1.54) is 0 Å². The lowest BCUT2D eigenvalue weighted by Crippen LogP contribution is -2.30. The Bertz CT molecular complexity index is 1090. The first-order chi connectivity index (χ1) is 15.0. The minimum absolute atomic E-state index is 0.0871. The number of aryl methyl sites for hydroxylation is 2. The first kappa shape index (κ1) is 21.6. The van der Waals surface area contributed by atoms with E-state index in [2.05, 4.69) is 44.5 Å². The number of aliphatic hydroxyl groups is 1. The van der Waals surface area contributed by atoms with Crippen molar-refractivity contribution < 1.29 is 9.84 Å². The van der Waals surface area contributed by atoms with Crippen LogP contribution in [0.2, 0.25) is 0 Å². The number of ether oxygens (including phenoxy) is 1. The molecule has 1 aliphatic rings. The van der Waals surface area contributed by atoms with Gasteiger partial charge in [-0.05, 0) is 66.6 Å². The predicted molar refractivity (Wildman–Crippen MR) is 117 cm³/mol. The molecule has 3 aromatic rings. The number of aliphatic hydroxyl groups excluding tert-OH is 1. The molecule has 2 aromatic heterocycles. The summed E-state index contributed by atoms with van der Waals surface area (Å²) in [5, 5.41) is 22.6. The average molecular weight is 427 g/mol. The quantitative estimate of drug-likeness (QED) is 0.536. The van der Waals surface area contributed by atoms with Gasteiger partial charge in [-0.25, -0.2) is 4.68 Å². The smallest absolute Gasteiger partial charge is 0.252 e. The van der Waals surface area contributed by atoms with Crippen molar-refractivity contribution in [1.82, 2.24) is 30.1 Å². The topological polar surface area (TPSA) is 109 Å². The van der Waals surface area contributed by atoms with Crippen LogP contribution in [-0.2, 0) is 24.4 Å². The minimum atomic E-state index is -0.0904. The molecule has 0 bridgehead atoms. The summed E-state index contributed by atoms with van der Waals surface area (Å²) >= 11 is 0. The van der Waals surface area contributed by atoms with E-state index in [0.717, 1.165) is 47.3 Å². The SMILES string of the molecule is Cc1cc(C)c2[nH]c(=O)c(CN(CCCO)Cc3nnnn3C[C@@H]3CCCO3)cc2c1. The van der Waals surface area contributed by atoms with Crippen molar-refractivity contribution in [2.75, 3.05) is 19.8 Å². The Morgan fingerprint density at radius 2 is 2.16 bits per heavy atom. The van der Waals surface area contributed by atoms with Gasteiger partial charge in [-0.2, -0.15) is 0 Å². The zero-order valence-electron chi connectivity index (χ0n) is 18.2. The number of pyridine rings is 1. The van der Waals surface area contributed by atoms with Gasteiger partial charge in [0.2, 0.25) is 0 Å². The second kappa shape index (κ2) is 9.67. The molecule has 4 rings (SSSR count). The fourth-order valence-corrected chi connectivity index (χ4v) is 4.26. The van der Waals surface area contributed by atoms with Gasteiger partial charge in [0.1, 0.15) is 0 Å². The van der Waals surface area contributed by atoms with E-state index in [1.54, 1.807) is 4.68 Å². The molecule has 0 saturated carbocycles. The summed E-state index contributed by atoms with van der Waals surface area (Å²) in [7, 11) is 0. The number of aromatic nitrogens is 5. The summed E-state index contributed by atoms with van der Waals surface area (Å²) in [6, 6.07) is 6.12. The van der Waals surface area contributed by atoms with Gasteiger partial charge in [-0.3, -0.25) is 9.69 Å². The van der Waals surface area contributed by atoms with Gasteiger partial charge in [0.15, 0.2) is 5.82 Å². The Morgan fingerprint density at radius 3 is 2.94 bits per heavy atom. The van der Waals surface area contributed by atoms with E-state index >= 15 is 0 Å². The number of nitrogens with zero attached hydrogens (tertiary/aromatic N) is 5. The Balaban J connectivity index is 1.56. The maximum Gasteiger partial charge on any atom is 0.252 e. The highest BCUT2D eigenvalue weighted by molar-refractivity contribution is 5.82. The molecule has 9 heteroatoms. The van der Waals surface area contributed by atoms with Crippen molar-refractivity contribution in [2.45, 2.75) is 58.8 Å². The molecule has 1 saturated heterocycles. The van der Waals surface area contributed by atoms with E-state index < -0.39 is 0 Å². The zero-order chi connectivity index (χ0) is 21.8. The van der Waals surface area contributed by atoms with Crippen molar-refractivity contribution in [1.29, 1.82) is 0 Å². The summed E-state index contributed by atoms with van der Waals surface area (Å²) in [6.07, 6.45) is 2.83. The van der Waals surface area contributed by atoms with E-state index in [-0.39, 0.29) is 18.3 Å². The highest BCUT2D eigenvalue weighted by atomic mass is 16.5. The Kier molecular flexibility index (Phi) is 6.74. The standard InChI is InChI=1S/C22H30N6O3/c1-15-9-16(2)21-17(10-15)11-18(22(30)23-21)12-27(6-4-7-29)14-20-24-25-26-28(20)13-19-5-3-8-31-19/h9-11,19,29H,3-8,12-14H2,1-2H3,(H,23,30)/t19-/m0/s1. The van der Waals surface area contributed by atoms with Crippen LogP contribution in [0.3, 0.4) is 0 Å². The third-order valence-electron chi connectivity index (χ3n) is 5.77. The molecule has 0 radical (unpaired) electrons. The van der Waals surface area contributed by atoms with Crippen LogP contribution in [0.5, 0.6) is 0 Å². The van der Waals surface area contributed by atoms with Gasteiger partial charge in [-0.15, -0.1) is 5.10 Å². The Hall–Kier alpha value is -2.62. The maximum atomic E-state index is 12.8. The highest BCUT2D eigenvalue weighted by Gasteiger charge is 2.20. The van der Waals surface area contributed by atoms with Crippen LogP contribution in [0.1, 0.15) is 41.8 Å². The lowest BCUT2D eigenvalue weighted by Gasteiger charge is -2.22. The molecule has 1 fully saturated rings.